The molecule has 0 fully saturated rings. The van der Waals surface area contributed by atoms with Crippen LogP contribution in [0.2, 0.25) is 0 Å². The minimum absolute atomic E-state index is 0.0829. The molecule has 204 valence electrons. The van der Waals surface area contributed by atoms with Crippen molar-refractivity contribution < 1.29 is 41.6 Å². The molecule has 0 saturated heterocycles. The summed E-state index contributed by atoms with van der Waals surface area (Å²) in [4.78, 5) is 0.0829. The summed E-state index contributed by atoms with van der Waals surface area (Å²) in [5.41, 5.74) is 1.81. The second-order valence-corrected chi connectivity index (χ2v) is 9.93. The molecule has 3 aromatic rings. The van der Waals surface area contributed by atoms with Crippen molar-refractivity contribution in [3.8, 4) is 40.2 Å². The Morgan fingerprint density at radius 1 is 0.579 bits per heavy atom. The highest BCUT2D eigenvalue weighted by Gasteiger charge is 2.24. The van der Waals surface area contributed by atoms with Crippen LogP contribution in [0.25, 0.3) is 12.2 Å². The van der Waals surface area contributed by atoms with E-state index in [0.29, 0.717) is 51.4 Å². The largest absolute Gasteiger partial charge is 0.493 e. The van der Waals surface area contributed by atoms with Gasteiger partial charge in [-0.15, -0.1) is 0 Å². The Balaban J connectivity index is 2.11. The molecule has 0 amide bonds. The Bertz CT molecular complexity index is 1390. The fourth-order valence-electron chi connectivity index (χ4n) is 3.98. The first-order chi connectivity index (χ1) is 18.3. The molecule has 38 heavy (non-hydrogen) atoms. The lowest BCUT2D eigenvalue weighted by Crippen LogP contribution is -2.09. The third kappa shape index (κ3) is 5.91. The lowest BCUT2D eigenvalue weighted by molar-refractivity contribution is 0.324. The molecular formula is C28H32O9S. The van der Waals surface area contributed by atoms with Gasteiger partial charge in [-0.1, -0.05) is 18.2 Å². The molecule has 0 aliphatic carbocycles. The molecule has 0 aromatic heterocycles. The van der Waals surface area contributed by atoms with E-state index in [9.17, 15) is 8.42 Å². The Labute approximate surface area is 223 Å². The molecule has 3 rings (SSSR count). The van der Waals surface area contributed by atoms with Crippen molar-refractivity contribution >= 4 is 22.0 Å². The van der Waals surface area contributed by atoms with E-state index in [-0.39, 0.29) is 10.6 Å². The second-order valence-electron chi connectivity index (χ2n) is 7.94. The van der Waals surface area contributed by atoms with Crippen LogP contribution in [-0.4, -0.2) is 58.2 Å². The summed E-state index contributed by atoms with van der Waals surface area (Å²) in [5, 5.41) is 0. The third-order valence-corrected chi connectivity index (χ3v) is 7.52. The maximum Gasteiger partial charge on any atom is 0.203 e. The van der Waals surface area contributed by atoms with Gasteiger partial charge in [0.1, 0.15) is 0 Å². The predicted molar refractivity (Wildman–Crippen MR) is 145 cm³/mol. The Morgan fingerprint density at radius 3 is 1.66 bits per heavy atom. The van der Waals surface area contributed by atoms with E-state index in [4.69, 9.17) is 33.2 Å². The second kappa shape index (κ2) is 12.5. The topological polar surface area (TPSA) is 98.8 Å². The first kappa shape index (κ1) is 28.5. The van der Waals surface area contributed by atoms with Crippen molar-refractivity contribution in [1.29, 1.82) is 0 Å². The van der Waals surface area contributed by atoms with Gasteiger partial charge in [0.25, 0.3) is 0 Å². The van der Waals surface area contributed by atoms with Crippen molar-refractivity contribution in [2.24, 2.45) is 0 Å². The lowest BCUT2D eigenvalue weighted by Gasteiger charge is -2.17. The summed E-state index contributed by atoms with van der Waals surface area (Å²) in [6.07, 6.45) is 3.61. The van der Waals surface area contributed by atoms with Crippen LogP contribution in [-0.2, 0) is 15.6 Å². The highest BCUT2D eigenvalue weighted by molar-refractivity contribution is 7.90. The smallest absolute Gasteiger partial charge is 0.203 e. The molecule has 10 heteroatoms. The Kier molecular flexibility index (Phi) is 9.35. The van der Waals surface area contributed by atoms with Crippen LogP contribution in [0.5, 0.6) is 40.2 Å². The van der Waals surface area contributed by atoms with Crippen molar-refractivity contribution in [1.82, 2.24) is 0 Å². The molecule has 0 aliphatic rings. The van der Waals surface area contributed by atoms with Gasteiger partial charge in [-0.05, 0) is 41.5 Å². The van der Waals surface area contributed by atoms with Gasteiger partial charge in [0.15, 0.2) is 44.3 Å². The molecule has 3 aromatic carbocycles. The molecule has 9 nitrogen and oxygen atoms in total. The first-order valence-electron chi connectivity index (χ1n) is 11.4. The van der Waals surface area contributed by atoms with Crippen LogP contribution in [0.15, 0.2) is 47.4 Å². The quantitative estimate of drug-likeness (QED) is 0.295. The summed E-state index contributed by atoms with van der Waals surface area (Å²) in [7, 11) is 6.68. The number of ether oxygens (including phenoxy) is 7. The molecule has 0 radical (unpaired) electrons. The molecule has 0 unspecified atom stereocenters. The minimum atomic E-state index is -3.83. The lowest BCUT2D eigenvalue weighted by atomic mass is 10.0. The van der Waals surface area contributed by atoms with Gasteiger partial charge >= 0.3 is 0 Å². The molecule has 0 saturated carbocycles. The van der Waals surface area contributed by atoms with E-state index in [1.54, 1.807) is 36.4 Å². The number of rotatable bonds is 12. The zero-order valence-electron chi connectivity index (χ0n) is 22.5. The average Bonchev–Trinajstić information content (AvgIpc) is 2.94. The van der Waals surface area contributed by atoms with E-state index in [1.807, 2.05) is 6.08 Å². The zero-order chi connectivity index (χ0) is 27.9. The van der Waals surface area contributed by atoms with Gasteiger partial charge in [-0.3, -0.25) is 0 Å². The summed E-state index contributed by atoms with van der Waals surface area (Å²) in [6, 6.07) is 11.5. The molecular weight excluding hydrogens is 512 g/mol. The van der Waals surface area contributed by atoms with Gasteiger partial charge in [-0.2, -0.15) is 0 Å². The highest BCUT2D eigenvalue weighted by atomic mass is 32.2. The monoisotopic (exact) mass is 544 g/mol. The summed E-state index contributed by atoms with van der Waals surface area (Å²) in [5.74, 6) is 2.59. The minimum Gasteiger partial charge on any atom is -0.493 e. The van der Waals surface area contributed by atoms with Gasteiger partial charge in [0.05, 0.1) is 60.4 Å². The van der Waals surface area contributed by atoms with E-state index < -0.39 is 9.84 Å². The maximum absolute atomic E-state index is 13.5. The molecule has 0 heterocycles. The number of hydrogen-bond donors (Lipinski definition) is 0. The number of methoxy groups -OCH3 is 7. The summed E-state index contributed by atoms with van der Waals surface area (Å²) < 4.78 is 64.9. The van der Waals surface area contributed by atoms with Gasteiger partial charge in [-0.25, -0.2) is 8.42 Å². The number of sulfone groups is 1. The SMILES string of the molecule is COc1ccc(S(=O)(=O)Cc2c(/C=C\c3cc(OC)c(OC)c(OC)c3)ccc(OC)c2OC)cc1OC. The highest BCUT2D eigenvalue weighted by Crippen LogP contribution is 2.40. The fourth-order valence-corrected chi connectivity index (χ4v) is 5.38. The normalized spacial score (nSPS) is 11.2. The van der Waals surface area contributed by atoms with Gasteiger partial charge in [0, 0.05) is 11.6 Å². The van der Waals surface area contributed by atoms with Crippen LogP contribution in [0, 0.1) is 0 Å². The summed E-state index contributed by atoms with van der Waals surface area (Å²) >= 11 is 0. The van der Waals surface area contributed by atoms with Crippen LogP contribution < -0.4 is 33.2 Å². The van der Waals surface area contributed by atoms with Crippen molar-refractivity contribution in [3.05, 3.63) is 59.2 Å². The van der Waals surface area contributed by atoms with Crippen LogP contribution in [0.3, 0.4) is 0 Å². The van der Waals surface area contributed by atoms with Gasteiger partial charge < -0.3 is 33.2 Å². The summed E-state index contributed by atoms with van der Waals surface area (Å²) in [6.45, 7) is 0. The zero-order valence-corrected chi connectivity index (χ0v) is 23.3. The molecule has 0 spiro atoms. The van der Waals surface area contributed by atoms with Gasteiger partial charge in [0.2, 0.25) is 5.75 Å². The Morgan fingerprint density at radius 2 is 1.13 bits per heavy atom. The maximum atomic E-state index is 13.5. The first-order valence-corrected chi connectivity index (χ1v) is 13.1. The molecule has 0 atom stereocenters. The van der Waals surface area contributed by atoms with Crippen molar-refractivity contribution in [3.63, 3.8) is 0 Å². The molecule has 0 aliphatic heterocycles. The third-order valence-electron chi connectivity index (χ3n) is 5.88. The van der Waals surface area contributed by atoms with Crippen molar-refractivity contribution in [2.45, 2.75) is 10.6 Å². The molecule has 0 N–H and O–H groups in total. The number of hydrogen-bond acceptors (Lipinski definition) is 9. The predicted octanol–water partition coefficient (Wildman–Crippen LogP) is 4.89. The van der Waals surface area contributed by atoms with E-state index in [1.165, 1.54) is 61.9 Å². The Hall–Kier alpha value is -4.05. The standard InChI is InChI=1S/C28H32O9S/c1-31-22-13-11-20(16-24(22)33-3)38(29,30)17-21-19(10-12-23(32-2)27(21)36-6)9-8-18-14-25(34-4)28(37-7)26(15-18)35-5/h8-16H,17H2,1-7H3/b9-8-. The molecule has 0 bridgehead atoms. The van der Waals surface area contributed by atoms with Crippen LogP contribution in [0.4, 0.5) is 0 Å². The van der Waals surface area contributed by atoms with Crippen LogP contribution in [0.1, 0.15) is 16.7 Å². The van der Waals surface area contributed by atoms with Crippen molar-refractivity contribution in [2.75, 3.05) is 49.8 Å². The fraction of sp³-hybridized carbons (Fsp3) is 0.286. The van der Waals surface area contributed by atoms with E-state index in [0.717, 1.165) is 5.56 Å². The average molecular weight is 545 g/mol. The van der Waals surface area contributed by atoms with E-state index in [2.05, 4.69) is 0 Å². The number of benzene rings is 3. The van der Waals surface area contributed by atoms with Crippen LogP contribution >= 0.6 is 0 Å². The van der Waals surface area contributed by atoms with E-state index >= 15 is 0 Å².